The van der Waals surface area contributed by atoms with Crippen LogP contribution in [0.25, 0.3) is 0 Å². The van der Waals surface area contributed by atoms with E-state index in [0.29, 0.717) is 0 Å². The van der Waals surface area contributed by atoms with Gasteiger partial charge in [0.25, 0.3) is 0 Å². The van der Waals surface area contributed by atoms with Crippen molar-refractivity contribution in [3.8, 4) is 0 Å². The van der Waals surface area contributed by atoms with Crippen LogP contribution in [0.2, 0.25) is 0 Å². The summed E-state index contributed by atoms with van der Waals surface area (Å²) in [4.78, 5) is 34.2. The molecule has 0 saturated carbocycles. The zero-order valence-electron chi connectivity index (χ0n) is 17.4. The summed E-state index contributed by atoms with van der Waals surface area (Å²) in [6, 6.07) is 0. The maximum atomic E-state index is 12.3. The van der Waals surface area contributed by atoms with Crippen LogP contribution in [0.15, 0.2) is 0 Å². The Bertz CT molecular complexity index is 577. The number of hydrogen-bond donors (Lipinski definition) is 1. The molecule has 1 N–H and O–H groups in total. The van der Waals surface area contributed by atoms with Crippen molar-refractivity contribution in [3.63, 3.8) is 0 Å². The van der Waals surface area contributed by atoms with Crippen LogP contribution in [0.3, 0.4) is 0 Å². The first-order valence-electron chi connectivity index (χ1n) is 9.02. The van der Waals surface area contributed by atoms with Crippen LogP contribution in [-0.2, 0) is 23.8 Å². The second-order valence-corrected chi connectivity index (χ2v) is 12.0. The number of hydrogen-bond acceptors (Lipinski definition) is 6. The van der Waals surface area contributed by atoms with Gasteiger partial charge >= 0.3 is 11.9 Å². The van der Waals surface area contributed by atoms with Crippen molar-refractivity contribution in [2.75, 3.05) is 13.8 Å². The zero-order chi connectivity index (χ0) is 20.5. The lowest BCUT2D eigenvalue weighted by Gasteiger charge is -2.50. The first-order valence-corrected chi connectivity index (χ1v) is 11.4. The number of carbonyl (C=O) groups excluding carboxylic acids is 2. The van der Waals surface area contributed by atoms with Gasteiger partial charge in [-0.2, -0.15) is 0 Å². The molecule has 6 nitrogen and oxygen atoms in total. The van der Waals surface area contributed by atoms with E-state index in [0.717, 1.165) is 0 Å². The topological polar surface area (TPSA) is 82.1 Å². The molecule has 0 aromatic rings. The highest BCUT2D eigenvalue weighted by Crippen LogP contribution is 2.61. The van der Waals surface area contributed by atoms with E-state index in [-0.39, 0.29) is 31.0 Å². The number of rotatable bonds is 7. The molecule has 0 bridgehead atoms. The summed E-state index contributed by atoms with van der Waals surface area (Å²) in [7, 11) is -1.17. The van der Waals surface area contributed by atoms with Crippen molar-refractivity contribution in [1.29, 1.82) is 0 Å². The average Bonchev–Trinajstić information content (AvgIpc) is 2.80. The summed E-state index contributed by atoms with van der Waals surface area (Å²) >= 11 is 0. The van der Waals surface area contributed by atoms with Crippen LogP contribution >= 0.6 is 7.11 Å². The Kier molecular flexibility index (Phi) is 7.17. The number of ether oxygens (including phenoxy) is 3. The molecule has 1 saturated heterocycles. The Morgan fingerprint density at radius 1 is 1.15 bits per heavy atom. The van der Waals surface area contributed by atoms with Crippen molar-refractivity contribution in [2.45, 2.75) is 77.9 Å². The first kappa shape index (κ1) is 23.2. The van der Waals surface area contributed by atoms with Crippen LogP contribution in [0.4, 0.5) is 0 Å². The molecule has 0 aromatic carbocycles. The van der Waals surface area contributed by atoms with Gasteiger partial charge in [0.05, 0.1) is 26.1 Å². The molecule has 26 heavy (non-hydrogen) atoms. The zero-order valence-corrected chi connectivity index (χ0v) is 18.3. The van der Waals surface area contributed by atoms with Gasteiger partial charge in [-0.15, -0.1) is 0 Å². The largest absolute Gasteiger partial charge is 0.469 e. The van der Waals surface area contributed by atoms with Gasteiger partial charge in [0.2, 0.25) is 0 Å². The lowest BCUT2D eigenvalue weighted by Crippen LogP contribution is -2.52. The third kappa shape index (κ3) is 4.52. The van der Waals surface area contributed by atoms with Gasteiger partial charge in [0.15, 0.2) is 0 Å². The maximum absolute atomic E-state index is 12.3. The third-order valence-electron chi connectivity index (χ3n) is 6.44. The van der Waals surface area contributed by atoms with Gasteiger partial charge in [0, 0.05) is 23.6 Å². The molecule has 1 aliphatic rings. The molecule has 0 amide bonds. The van der Waals surface area contributed by atoms with E-state index in [1.807, 2.05) is 41.5 Å². The van der Waals surface area contributed by atoms with Gasteiger partial charge in [0.1, 0.15) is 12.2 Å². The van der Waals surface area contributed by atoms with Crippen LogP contribution < -0.4 is 0 Å². The quantitative estimate of drug-likeness (QED) is 0.531. The monoisotopic (exact) mass is 390 g/mol. The number of methoxy groups -OCH3 is 1. The second kappa shape index (κ2) is 8.04. The molecule has 2 unspecified atom stereocenters. The standard InChI is InChI=1S/C19H35O6P/c1-12-13(2)24-17(18(3,4)19(5,6)26(8,9)22)16(12)25-15(21)11-10-14(20)23-7/h12-13,16-17,22H,8,10-11H2,1-7,9H3/t12-,13-,16-,17?,26?/m0/s1. The fourth-order valence-electron chi connectivity index (χ4n) is 3.21. The minimum Gasteiger partial charge on any atom is -0.469 e. The average molecular weight is 390 g/mol. The molecule has 1 fully saturated rings. The van der Waals surface area contributed by atoms with E-state index < -0.39 is 35.7 Å². The van der Waals surface area contributed by atoms with Crippen molar-refractivity contribution >= 4 is 25.4 Å². The summed E-state index contributed by atoms with van der Waals surface area (Å²) in [6.07, 6.45) is 3.07. The highest BCUT2D eigenvalue weighted by atomic mass is 31.2. The Morgan fingerprint density at radius 2 is 1.65 bits per heavy atom. The maximum Gasteiger partial charge on any atom is 0.306 e. The molecule has 1 aliphatic heterocycles. The molecule has 1 rings (SSSR count). The first-order chi connectivity index (χ1) is 11.7. The summed E-state index contributed by atoms with van der Waals surface area (Å²) in [5.41, 5.74) is -0.488. The summed E-state index contributed by atoms with van der Waals surface area (Å²) in [5.74, 6) is -0.882. The molecular formula is C19H35O6P. The lowest BCUT2D eigenvalue weighted by atomic mass is 9.72. The second-order valence-electron chi connectivity index (χ2n) is 8.57. The van der Waals surface area contributed by atoms with E-state index in [1.54, 1.807) is 6.66 Å². The smallest absolute Gasteiger partial charge is 0.306 e. The molecule has 0 spiro atoms. The Labute approximate surface area is 157 Å². The molecule has 0 aliphatic carbocycles. The minimum atomic E-state index is -2.45. The SMILES string of the molecule is C=P(C)(O)C(C)(C)C(C)(C)C1O[C@@H](C)[C@H](C)[C@@H]1OC(=O)CCC(=O)OC. The predicted molar refractivity (Wildman–Crippen MR) is 105 cm³/mol. The molecule has 1 heterocycles. The Morgan fingerprint density at radius 3 is 2.12 bits per heavy atom. The minimum absolute atomic E-state index is 0.00486. The number of esters is 2. The Hall–Kier alpha value is -0.840. The van der Waals surface area contributed by atoms with Gasteiger partial charge in [-0.25, -0.2) is 0 Å². The van der Waals surface area contributed by atoms with Crippen LogP contribution in [-0.4, -0.2) is 60.4 Å². The van der Waals surface area contributed by atoms with Gasteiger partial charge in [-0.3, -0.25) is 9.59 Å². The van der Waals surface area contributed by atoms with E-state index in [9.17, 15) is 14.5 Å². The molecular weight excluding hydrogens is 355 g/mol. The van der Waals surface area contributed by atoms with Crippen LogP contribution in [0, 0.1) is 11.3 Å². The van der Waals surface area contributed by atoms with Crippen molar-refractivity contribution < 1.29 is 28.7 Å². The Balaban J connectivity index is 3.04. The third-order valence-corrected chi connectivity index (χ3v) is 9.42. The van der Waals surface area contributed by atoms with Crippen LogP contribution in [0.1, 0.15) is 54.4 Å². The highest BCUT2D eigenvalue weighted by molar-refractivity contribution is 7.69. The van der Waals surface area contributed by atoms with E-state index >= 15 is 0 Å². The summed E-state index contributed by atoms with van der Waals surface area (Å²) < 4.78 is 16.5. The summed E-state index contributed by atoms with van der Waals surface area (Å²) in [5, 5.41) is -0.509. The molecule has 5 atom stereocenters. The summed E-state index contributed by atoms with van der Waals surface area (Å²) in [6.45, 7) is 13.8. The molecule has 0 aromatic heterocycles. The van der Waals surface area contributed by atoms with Crippen molar-refractivity contribution in [2.24, 2.45) is 11.3 Å². The fourth-order valence-corrected chi connectivity index (χ4v) is 4.58. The van der Waals surface area contributed by atoms with Gasteiger partial charge < -0.3 is 19.1 Å². The van der Waals surface area contributed by atoms with Crippen molar-refractivity contribution in [1.82, 2.24) is 0 Å². The molecule has 152 valence electrons. The molecule has 7 heteroatoms. The fraction of sp³-hybridized carbons (Fsp3) is 0.842. The lowest BCUT2D eigenvalue weighted by molar-refractivity contribution is -0.160. The number of carbonyl (C=O) groups is 2. The van der Waals surface area contributed by atoms with Crippen LogP contribution in [0.5, 0.6) is 0 Å². The van der Waals surface area contributed by atoms with Gasteiger partial charge in [-0.1, -0.05) is 40.9 Å². The van der Waals surface area contributed by atoms with E-state index in [4.69, 9.17) is 9.47 Å². The normalized spacial score (nSPS) is 29.1. The van der Waals surface area contributed by atoms with E-state index in [1.165, 1.54) is 7.11 Å². The molecule has 0 radical (unpaired) electrons. The van der Waals surface area contributed by atoms with Gasteiger partial charge in [-0.05, 0) is 13.6 Å². The highest BCUT2D eigenvalue weighted by Gasteiger charge is 2.56. The van der Waals surface area contributed by atoms with Crippen molar-refractivity contribution in [3.05, 3.63) is 0 Å². The predicted octanol–water partition coefficient (Wildman–Crippen LogP) is 3.07. The van der Waals surface area contributed by atoms with E-state index in [2.05, 4.69) is 11.0 Å².